The Morgan fingerprint density at radius 1 is 1.15 bits per heavy atom. The van der Waals surface area contributed by atoms with E-state index in [0.29, 0.717) is 18.0 Å². The van der Waals surface area contributed by atoms with Crippen molar-refractivity contribution in [1.29, 1.82) is 0 Å². The van der Waals surface area contributed by atoms with Gasteiger partial charge in [0.15, 0.2) is 0 Å². The van der Waals surface area contributed by atoms with Crippen molar-refractivity contribution in [3.05, 3.63) is 24.3 Å². The molecule has 2 N–H and O–H groups in total. The molecule has 2 amide bonds. The molecule has 110 valence electrons. The minimum Gasteiger partial charge on any atom is -0.434 e. The van der Waals surface area contributed by atoms with Crippen molar-refractivity contribution in [3.8, 4) is 5.75 Å². The minimum atomic E-state index is -0.745. The molecule has 0 saturated heterocycles. The van der Waals surface area contributed by atoms with Crippen LogP contribution in [-0.4, -0.2) is 25.3 Å². The summed E-state index contributed by atoms with van der Waals surface area (Å²) in [5, 5.41) is 5.42. The number of carbonyl (C=O) groups is 2. The van der Waals surface area contributed by atoms with Crippen LogP contribution in [0, 0.1) is 0 Å². The molecule has 0 fully saturated rings. The first-order valence-electron chi connectivity index (χ1n) is 6.65. The van der Waals surface area contributed by atoms with Gasteiger partial charge in [-0.2, -0.15) is 0 Å². The van der Waals surface area contributed by atoms with Crippen LogP contribution < -0.4 is 15.4 Å². The molecule has 6 nitrogen and oxygen atoms in total. The maximum atomic E-state index is 11.5. The zero-order valence-electron chi connectivity index (χ0n) is 11.8. The van der Waals surface area contributed by atoms with Crippen molar-refractivity contribution in [2.75, 3.05) is 18.5 Å². The zero-order chi connectivity index (χ0) is 14.8. The van der Waals surface area contributed by atoms with Gasteiger partial charge in [0.1, 0.15) is 5.75 Å². The quantitative estimate of drug-likeness (QED) is 0.477. The van der Waals surface area contributed by atoms with E-state index in [-0.39, 0.29) is 12.6 Å². The van der Waals surface area contributed by atoms with E-state index in [1.165, 1.54) is 0 Å². The van der Waals surface area contributed by atoms with Crippen LogP contribution in [0.4, 0.5) is 15.3 Å². The molecule has 0 aliphatic rings. The van der Waals surface area contributed by atoms with Crippen molar-refractivity contribution in [3.63, 3.8) is 0 Å². The van der Waals surface area contributed by atoms with Crippen LogP contribution in [0.15, 0.2) is 24.3 Å². The molecule has 0 unspecified atom stereocenters. The van der Waals surface area contributed by atoms with Gasteiger partial charge in [0.2, 0.25) is 0 Å². The van der Waals surface area contributed by atoms with Crippen molar-refractivity contribution < 1.29 is 19.1 Å². The van der Waals surface area contributed by atoms with E-state index in [4.69, 9.17) is 4.74 Å². The van der Waals surface area contributed by atoms with Gasteiger partial charge in [0, 0.05) is 12.2 Å². The molecule has 0 bridgehead atoms. The lowest BCUT2D eigenvalue weighted by molar-refractivity contribution is 0.104. The van der Waals surface area contributed by atoms with Crippen LogP contribution in [0.25, 0.3) is 0 Å². The number of benzene rings is 1. The highest BCUT2D eigenvalue weighted by atomic mass is 16.7. The normalized spacial score (nSPS) is 9.70. The average Bonchev–Trinajstić information content (AvgIpc) is 2.41. The van der Waals surface area contributed by atoms with Gasteiger partial charge in [-0.15, -0.1) is 0 Å². The second-order valence-corrected chi connectivity index (χ2v) is 4.04. The van der Waals surface area contributed by atoms with Crippen LogP contribution in [0.5, 0.6) is 5.75 Å². The van der Waals surface area contributed by atoms with Crippen molar-refractivity contribution in [1.82, 2.24) is 5.32 Å². The van der Waals surface area contributed by atoms with E-state index in [1.807, 2.05) is 0 Å². The fourth-order valence-corrected chi connectivity index (χ4v) is 1.40. The topological polar surface area (TPSA) is 76.7 Å². The van der Waals surface area contributed by atoms with Crippen LogP contribution in [0.2, 0.25) is 0 Å². The molecular weight excluding hydrogens is 260 g/mol. The summed E-state index contributed by atoms with van der Waals surface area (Å²) in [5.74, 6) is 0.361. The highest BCUT2D eigenvalue weighted by Crippen LogP contribution is 2.16. The number of carbonyl (C=O) groups excluding carboxylic acids is 2. The second-order valence-electron chi connectivity index (χ2n) is 4.04. The summed E-state index contributed by atoms with van der Waals surface area (Å²) in [6, 6.07) is 6.21. The first-order valence-corrected chi connectivity index (χ1v) is 6.65. The number of anilines is 1. The van der Waals surface area contributed by atoms with Crippen molar-refractivity contribution in [2.45, 2.75) is 26.7 Å². The van der Waals surface area contributed by atoms with E-state index < -0.39 is 6.16 Å². The molecule has 20 heavy (non-hydrogen) atoms. The zero-order valence-corrected chi connectivity index (χ0v) is 11.8. The lowest BCUT2D eigenvalue weighted by atomic mass is 10.3. The van der Waals surface area contributed by atoms with Gasteiger partial charge in [0.05, 0.1) is 6.61 Å². The highest BCUT2D eigenvalue weighted by Gasteiger charge is 2.05. The van der Waals surface area contributed by atoms with Crippen LogP contribution in [0.3, 0.4) is 0 Å². The first kappa shape index (κ1) is 15.8. The molecule has 0 atom stereocenters. The van der Waals surface area contributed by atoms with Gasteiger partial charge >= 0.3 is 12.2 Å². The molecule has 0 aliphatic carbocycles. The fraction of sp³-hybridized carbons (Fsp3) is 0.429. The number of urea groups is 1. The van der Waals surface area contributed by atoms with E-state index in [0.717, 1.165) is 12.8 Å². The van der Waals surface area contributed by atoms with Crippen LogP contribution in [0.1, 0.15) is 26.7 Å². The Morgan fingerprint density at radius 3 is 2.45 bits per heavy atom. The van der Waals surface area contributed by atoms with E-state index in [1.54, 1.807) is 31.2 Å². The molecule has 0 heterocycles. The Labute approximate surface area is 118 Å². The van der Waals surface area contributed by atoms with E-state index in [9.17, 15) is 9.59 Å². The standard InChI is InChI=1S/C14H20N2O4/c1-3-5-10-15-13(17)16-11-6-8-12(9-7-11)20-14(18)19-4-2/h6-9H,3-5,10H2,1-2H3,(H2,15,16,17). The predicted octanol–water partition coefficient (Wildman–Crippen LogP) is 3.14. The Hall–Kier alpha value is -2.24. The monoisotopic (exact) mass is 280 g/mol. The van der Waals surface area contributed by atoms with Crippen molar-refractivity contribution in [2.24, 2.45) is 0 Å². The summed E-state index contributed by atoms with van der Waals surface area (Å²) >= 11 is 0. The van der Waals surface area contributed by atoms with Gasteiger partial charge in [-0.3, -0.25) is 0 Å². The summed E-state index contributed by atoms with van der Waals surface area (Å²) < 4.78 is 9.56. The Bertz CT molecular complexity index is 431. The van der Waals surface area contributed by atoms with Crippen LogP contribution in [-0.2, 0) is 4.74 Å². The second kappa shape index (κ2) is 8.79. The van der Waals surface area contributed by atoms with Gasteiger partial charge in [0.25, 0.3) is 0 Å². The predicted molar refractivity (Wildman–Crippen MR) is 76.0 cm³/mol. The Balaban J connectivity index is 2.42. The SMILES string of the molecule is CCCCNC(=O)Nc1ccc(OC(=O)OCC)cc1. The lowest BCUT2D eigenvalue weighted by Gasteiger charge is -2.08. The molecule has 0 saturated carbocycles. The van der Waals surface area contributed by atoms with Gasteiger partial charge in [-0.05, 0) is 37.6 Å². The number of hydrogen-bond acceptors (Lipinski definition) is 4. The number of amides is 2. The summed E-state index contributed by atoms with van der Waals surface area (Å²) in [6.45, 7) is 4.66. The van der Waals surface area contributed by atoms with E-state index >= 15 is 0 Å². The Morgan fingerprint density at radius 2 is 1.85 bits per heavy atom. The smallest absolute Gasteiger partial charge is 0.434 e. The number of ether oxygens (including phenoxy) is 2. The molecule has 1 aromatic carbocycles. The summed E-state index contributed by atoms with van der Waals surface area (Å²) in [5.41, 5.74) is 0.621. The summed E-state index contributed by atoms with van der Waals surface area (Å²) in [4.78, 5) is 22.6. The fourth-order valence-electron chi connectivity index (χ4n) is 1.40. The first-order chi connectivity index (χ1) is 9.65. The van der Waals surface area contributed by atoms with E-state index in [2.05, 4.69) is 22.3 Å². The molecule has 0 radical (unpaired) electrons. The maximum Gasteiger partial charge on any atom is 0.513 e. The third-order valence-electron chi connectivity index (χ3n) is 2.39. The van der Waals surface area contributed by atoms with Crippen LogP contribution >= 0.6 is 0 Å². The molecule has 1 aromatic rings. The van der Waals surface area contributed by atoms with Gasteiger partial charge < -0.3 is 20.1 Å². The number of rotatable bonds is 6. The minimum absolute atomic E-state index is 0.252. The number of unbranched alkanes of at least 4 members (excludes halogenated alkanes) is 1. The molecule has 0 aliphatic heterocycles. The average molecular weight is 280 g/mol. The summed E-state index contributed by atoms with van der Waals surface area (Å²) in [6.07, 6.45) is 1.23. The highest BCUT2D eigenvalue weighted by molar-refractivity contribution is 5.89. The molecule has 1 rings (SSSR count). The maximum absolute atomic E-state index is 11.5. The third-order valence-corrected chi connectivity index (χ3v) is 2.39. The largest absolute Gasteiger partial charge is 0.513 e. The molecule has 0 spiro atoms. The van der Waals surface area contributed by atoms with Crippen molar-refractivity contribution >= 4 is 17.9 Å². The van der Waals surface area contributed by atoms with Gasteiger partial charge in [-0.1, -0.05) is 13.3 Å². The molecule has 6 heteroatoms. The summed E-state index contributed by atoms with van der Waals surface area (Å²) in [7, 11) is 0. The van der Waals surface area contributed by atoms with Gasteiger partial charge in [-0.25, -0.2) is 9.59 Å². The Kier molecular flexibility index (Phi) is 6.95. The number of nitrogens with one attached hydrogen (secondary N) is 2. The third kappa shape index (κ3) is 6.08. The molecular formula is C14H20N2O4. The lowest BCUT2D eigenvalue weighted by Crippen LogP contribution is -2.29. The molecule has 0 aromatic heterocycles. The number of hydrogen-bond donors (Lipinski definition) is 2.